The highest BCUT2D eigenvalue weighted by atomic mass is 16.2. The monoisotopic (exact) mass is 467 g/mol. The van der Waals surface area contributed by atoms with Crippen molar-refractivity contribution in [2.24, 2.45) is 5.10 Å². The number of nitrogens with zero attached hydrogens (tertiary/aromatic N) is 2. The van der Waals surface area contributed by atoms with E-state index in [4.69, 9.17) is 0 Å². The van der Waals surface area contributed by atoms with E-state index in [1.165, 1.54) is 5.56 Å². The first-order valence-corrected chi connectivity index (χ1v) is 11.2. The summed E-state index contributed by atoms with van der Waals surface area (Å²) in [6, 6.07) is 22.0. The molecule has 0 saturated carbocycles. The summed E-state index contributed by atoms with van der Waals surface area (Å²) in [5.41, 5.74) is 5.42. The number of carbonyl (C=O) groups excluding carboxylic acids is 2. The lowest BCUT2D eigenvalue weighted by molar-refractivity contribution is -0.123. The van der Waals surface area contributed by atoms with E-state index in [2.05, 4.69) is 33.0 Å². The molecule has 0 spiro atoms. The van der Waals surface area contributed by atoms with Gasteiger partial charge in [0.2, 0.25) is 0 Å². The molecule has 4 rings (SSSR count). The first-order valence-electron chi connectivity index (χ1n) is 11.2. The minimum Gasteiger partial charge on any atom is -0.335 e. The summed E-state index contributed by atoms with van der Waals surface area (Å²) in [5.74, 6) is -1.05. The summed E-state index contributed by atoms with van der Waals surface area (Å²) in [6.07, 6.45) is 0.927. The first kappa shape index (κ1) is 23.6. The Morgan fingerprint density at radius 1 is 0.914 bits per heavy atom. The second-order valence-corrected chi connectivity index (χ2v) is 7.98. The normalized spacial score (nSPS) is 12.2. The van der Waals surface area contributed by atoms with Gasteiger partial charge in [-0.05, 0) is 42.7 Å². The van der Waals surface area contributed by atoms with Crippen LogP contribution in [0.4, 0.5) is 0 Å². The maximum Gasteiger partial charge on any atom is 0.272 e. The van der Waals surface area contributed by atoms with Gasteiger partial charge in [-0.2, -0.15) is 10.2 Å². The van der Waals surface area contributed by atoms with Crippen LogP contribution in [0.5, 0.6) is 0 Å². The smallest absolute Gasteiger partial charge is 0.272 e. The molecular weight excluding hydrogens is 442 g/mol. The Morgan fingerprint density at radius 2 is 1.57 bits per heavy atom. The SMILES string of the molecule is CCc1ccc(C(C)=NNC(=O)C(NC(=O)c2ccccc2)c2n[nH]c(=O)c3ccccc23)cc1. The van der Waals surface area contributed by atoms with E-state index in [0.717, 1.165) is 12.0 Å². The van der Waals surface area contributed by atoms with Crippen molar-refractivity contribution in [1.82, 2.24) is 20.9 Å². The van der Waals surface area contributed by atoms with Crippen LogP contribution >= 0.6 is 0 Å². The number of hydrazone groups is 1. The Morgan fingerprint density at radius 3 is 2.26 bits per heavy atom. The predicted molar refractivity (Wildman–Crippen MR) is 135 cm³/mol. The van der Waals surface area contributed by atoms with Crippen LogP contribution in [0, 0.1) is 0 Å². The average molecular weight is 468 g/mol. The van der Waals surface area contributed by atoms with Gasteiger partial charge in [0.1, 0.15) is 5.69 Å². The molecule has 8 nitrogen and oxygen atoms in total. The van der Waals surface area contributed by atoms with Crippen molar-refractivity contribution in [2.75, 3.05) is 0 Å². The molecule has 0 aliphatic heterocycles. The van der Waals surface area contributed by atoms with E-state index >= 15 is 0 Å². The Labute approximate surface area is 202 Å². The number of carbonyl (C=O) groups is 2. The summed E-state index contributed by atoms with van der Waals surface area (Å²) in [4.78, 5) is 38.5. The van der Waals surface area contributed by atoms with E-state index in [-0.39, 0.29) is 11.3 Å². The predicted octanol–water partition coefficient (Wildman–Crippen LogP) is 3.50. The summed E-state index contributed by atoms with van der Waals surface area (Å²) < 4.78 is 0. The lowest BCUT2D eigenvalue weighted by atomic mass is 10.0. The third-order valence-corrected chi connectivity index (χ3v) is 5.69. The Kier molecular flexibility index (Phi) is 7.11. The number of nitrogens with one attached hydrogen (secondary N) is 3. The maximum atomic E-state index is 13.3. The van der Waals surface area contributed by atoms with E-state index in [1.807, 2.05) is 24.3 Å². The van der Waals surface area contributed by atoms with Crippen LogP contribution in [0.25, 0.3) is 10.8 Å². The highest BCUT2D eigenvalue weighted by Gasteiger charge is 2.27. The topological polar surface area (TPSA) is 116 Å². The van der Waals surface area contributed by atoms with Crippen LogP contribution in [0.2, 0.25) is 0 Å². The molecule has 3 N–H and O–H groups in total. The quantitative estimate of drug-likeness (QED) is 0.285. The third kappa shape index (κ3) is 5.33. The van der Waals surface area contributed by atoms with Crippen molar-refractivity contribution in [1.29, 1.82) is 0 Å². The molecule has 2 amide bonds. The molecule has 0 saturated heterocycles. The van der Waals surface area contributed by atoms with Gasteiger partial charge in [-0.15, -0.1) is 0 Å². The number of amides is 2. The van der Waals surface area contributed by atoms with E-state index in [1.54, 1.807) is 61.5 Å². The molecule has 3 aromatic carbocycles. The van der Waals surface area contributed by atoms with Gasteiger partial charge in [-0.3, -0.25) is 14.4 Å². The van der Waals surface area contributed by atoms with Gasteiger partial charge in [-0.25, -0.2) is 10.5 Å². The van der Waals surface area contributed by atoms with Crippen molar-refractivity contribution < 1.29 is 9.59 Å². The molecule has 0 aliphatic rings. The van der Waals surface area contributed by atoms with Gasteiger partial charge < -0.3 is 5.32 Å². The number of rotatable bonds is 7. The number of hydrogen-bond donors (Lipinski definition) is 3. The van der Waals surface area contributed by atoms with Crippen molar-refractivity contribution in [3.05, 3.63) is 112 Å². The third-order valence-electron chi connectivity index (χ3n) is 5.69. The van der Waals surface area contributed by atoms with E-state index < -0.39 is 17.9 Å². The summed E-state index contributed by atoms with van der Waals surface area (Å²) in [7, 11) is 0. The maximum absolute atomic E-state index is 13.3. The zero-order valence-electron chi connectivity index (χ0n) is 19.4. The second kappa shape index (κ2) is 10.6. The molecular formula is C27H25N5O3. The molecule has 35 heavy (non-hydrogen) atoms. The number of aromatic amines is 1. The van der Waals surface area contributed by atoms with Crippen molar-refractivity contribution in [3.8, 4) is 0 Å². The lowest BCUT2D eigenvalue weighted by Crippen LogP contribution is -2.40. The number of aryl methyl sites for hydroxylation is 1. The molecule has 0 bridgehead atoms. The fraction of sp³-hybridized carbons (Fsp3) is 0.148. The molecule has 1 unspecified atom stereocenters. The molecule has 0 radical (unpaired) electrons. The van der Waals surface area contributed by atoms with Gasteiger partial charge in [0, 0.05) is 10.9 Å². The Hall–Kier alpha value is -4.59. The standard InChI is InChI=1S/C27H25N5O3/c1-3-18-13-15-19(16-14-18)17(2)29-32-27(35)24(28-25(33)20-9-5-4-6-10-20)23-21-11-7-8-12-22(21)26(34)31-30-23/h4-16,24H,3H2,1-2H3,(H,28,33)(H,31,34)(H,32,35). The first-order chi connectivity index (χ1) is 17.0. The summed E-state index contributed by atoms with van der Waals surface area (Å²) in [5, 5.41) is 14.3. The van der Waals surface area contributed by atoms with Crippen LogP contribution in [0.1, 0.15) is 47.1 Å². The van der Waals surface area contributed by atoms with Gasteiger partial charge in [0.15, 0.2) is 6.04 Å². The molecule has 0 aliphatic carbocycles. The Bertz CT molecular complexity index is 1440. The molecule has 176 valence electrons. The van der Waals surface area contributed by atoms with Gasteiger partial charge >= 0.3 is 0 Å². The van der Waals surface area contributed by atoms with Crippen LogP contribution in [0.15, 0.2) is 88.8 Å². The minimum absolute atomic E-state index is 0.210. The van der Waals surface area contributed by atoms with Gasteiger partial charge in [0.05, 0.1) is 11.1 Å². The fourth-order valence-corrected chi connectivity index (χ4v) is 3.67. The molecule has 1 heterocycles. The highest BCUT2D eigenvalue weighted by Crippen LogP contribution is 2.20. The fourth-order valence-electron chi connectivity index (χ4n) is 3.67. The van der Waals surface area contributed by atoms with Gasteiger partial charge in [-0.1, -0.05) is 67.6 Å². The number of H-pyrrole nitrogens is 1. The van der Waals surface area contributed by atoms with Crippen LogP contribution < -0.4 is 16.3 Å². The van der Waals surface area contributed by atoms with Crippen molar-refractivity contribution >= 4 is 28.3 Å². The largest absolute Gasteiger partial charge is 0.335 e. The molecule has 1 aromatic heterocycles. The zero-order chi connectivity index (χ0) is 24.8. The number of aromatic nitrogens is 2. The molecule has 8 heteroatoms. The molecule has 0 fully saturated rings. The number of hydrogen-bond acceptors (Lipinski definition) is 5. The lowest BCUT2D eigenvalue weighted by Gasteiger charge is -2.18. The molecule has 1 atom stereocenters. The van der Waals surface area contributed by atoms with Crippen LogP contribution in [-0.2, 0) is 11.2 Å². The zero-order valence-corrected chi connectivity index (χ0v) is 19.4. The molecule has 4 aromatic rings. The van der Waals surface area contributed by atoms with E-state index in [9.17, 15) is 14.4 Å². The Balaban J connectivity index is 1.67. The summed E-state index contributed by atoms with van der Waals surface area (Å²) in [6.45, 7) is 3.86. The van der Waals surface area contributed by atoms with E-state index in [0.29, 0.717) is 22.0 Å². The van der Waals surface area contributed by atoms with Crippen molar-refractivity contribution in [2.45, 2.75) is 26.3 Å². The number of fused-ring (bicyclic) bond motifs is 1. The highest BCUT2D eigenvalue weighted by molar-refractivity contribution is 6.01. The minimum atomic E-state index is -1.21. The van der Waals surface area contributed by atoms with Crippen molar-refractivity contribution in [3.63, 3.8) is 0 Å². The average Bonchev–Trinajstić information content (AvgIpc) is 2.91. The summed E-state index contributed by atoms with van der Waals surface area (Å²) >= 11 is 0. The van der Waals surface area contributed by atoms with Gasteiger partial charge in [0.25, 0.3) is 17.4 Å². The van der Waals surface area contributed by atoms with Crippen LogP contribution in [-0.4, -0.2) is 27.7 Å². The number of benzene rings is 3. The second-order valence-electron chi connectivity index (χ2n) is 7.98. The van der Waals surface area contributed by atoms with Crippen LogP contribution in [0.3, 0.4) is 0 Å².